The van der Waals surface area contributed by atoms with Gasteiger partial charge in [0.1, 0.15) is 5.75 Å². The minimum Gasteiger partial charge on any atom is -0.508 e. The van der Waals surface area contributed by atoms with Crippen LogP contribution in [-0.2, 0) is 6.54 Å². The fourth-order valence-electron chi connectivity index (χ4n) is 3.38. The van der Waals surface area contributed by atoms with Gasteiger partial charge >= 0.3 is 0 Å². The molecular weight excluding hydrogens is 312 g/mol. The Balaban J connectivity index is 1.45. The van der Waals surface area contributed by atoms with Crippen molar-refractivity contribution >= 4 is 5.91 Å². The van der Waals surface area contributed by atoms with Gasteiger partial charge in [0.15, 0.2) is 0 Å². The molecule has 1 fully saturated rings. The zero-order chi connectivity index (χ0) is 17.5. The second-order valence-corrected chi connectivity index (χ2v) is 6.82. The first-order valence-corrected chi connectivity index (χ1v) is 9.04. The summed E-state index contributed by atoms with van der Waals surface area (Å²) in [5, 5.41) is 12.3. The molecule has 0 aromatic heterocycles. The number of aromatic hydroxyl groups is 1. The molecule has 4 heteroatoms. The lowest BCUT2D eigenvalue weighted by Crippen LogP contribution is -2.30. The maximum atomic E-state index is 12.2. The Bertz CT molecular complexity index is 670. The van der Waals surface area contributed by atoms with Crippen LogP contribution in [0.25, 0.3) is 0 Å². The largest absolute Gasteiger partial charge is 0.508 e. The SMILES string of the molecule is O=C(NCC1CCCN(Cc2ccccc2)CC1)c1ccc(O)cc1. The van der Waals surface area contributed by atoms with E-state index in [1.807, 2.05) is 0 Å². The van der Waals surface area contributed by atoms with Gasteiger partial charge in [-0.05, 0) is 68.1 Å². The van der Waals surface area contributed by atoms with Crippen molar-refractivity contribution in [1.29, 1.82) is 0 Å². The van der Waals surface area contributed by atoms with Crippen molar-refractivity contribution in [3.05, 3.63) is 65.7 Å². The van der Waals surface area contributed by atoms with Crippen LogP contribution in [0.1, 0.15) is 35.2 Å². The van der Waals surface area contributed by atoms with Gasteiger partial charge in [-0.15, -0.1) is 0 Å². The Morgan fingerprint density at radius 1 is 1.04 bits per heavy atom. The predicted molar refractivity (Wildman–Crippen MR) is 99.5 cm³/mol. The molecule has 25 heavy (non-hydrogen) atoms. The monoisotopic (exact) mass is 338 g/mol. The second-order valence-electron chi connectivity index (χ2n) is 6.82. The topological polar surface area (TPSA) is 52.6 Å². The highest BCUT2D eigenvalue weighted by Gasteiger charge is 2.18. The molecule has 0 aliphatic carbocycles. The van der Waals surface area contributed by atoms with Crippen LogP contribution >= 0.6 is 0 Å². The molecule has 1 unspecified atom stereocenters. The first-order chi connectivity index (χ1) is 12.2. The standard InChI is InChI=1S/C21H26N2O2/c24-20-10-8-19(9-11-20)21(25)22-15-17-7-4-13-23(14-12-17)16-18-5-2-1-3-6-18/h1-3,5-6,8-11,17,24H,4,7,12-16H2,(H,22,25). The van der Waals surface area contributed by atoms with Crippen LogP contribution < -0.4 is 5.32 Å². The van der Waals surface area contributed by atoms with Crippen molar-refractivity contribution in [2.75, 3.05) is 19.6 Å². The first kappa shape index (κ1) is 17.5. The van der Waals surface area contributed by atoms with Crippen molar-refractivity contribution < 1.29 is 9.90 Å². The van der Waals surface area contributed by atoms with E-state index in [0.717, 1.165) is 39.0 Å². The van der Waals surface area contributed by atoms with E-state index in [1.165, 1.54) is 12.0 Å². The third kappa shape index (κ3) is 5.33. The highest BCUT2D eigenvalue weighted by atomic mass is 16.3. The molecule has 0 bridgehead atoms. The van der Waals surface area contributed by atoms with Gasteiger partial charge in [-0.2, -0.15) is 0 Å². The molecule has 1 aliphatic heterocycles. The Hall–Kier alpha value is -2.33. The fourth-order valence-corrected chi connectivity index (χ4v) is 3.38. The molecule has 0 radical (unpaired) electrons. The van der Waals surface area contributed by atoms with Crippen molar-refractivity contribution in [1.82, 2.24) is 10.2 Å². The number of benzene rings is 2. The molecule has 1 atom stereocenters. The van der Waals surface area contributed by atoms with Gasteiger partial charge < -0.3 is 10.4 Å². The number of rotatable bonds is 5. The van der Waals surface area contributed by atoms with Crippen LogP contribution in [0.15, 0.2) is 54.6 Å². The lowest BCUT2D eigenvalue weighted by Gasteiger charge is -2.20. The van der Waals surface area contributed by atoms with E-state index in [9.17, 15) is 9.90 Å². The average Bonchev–Trinajstić information content (AvgIpc) is 2.86. The van der Waals surface area contributed by atoms with E-state index < -0.39 is 0 Å². The Kier molecular flexibility index (Phi) is 6.07. The van der Waals surface area contributed by atoms with Gasteiger partial charge in [0, 0.05) is 18.7 Å². The molecule has 2 aromatic rings. The van der Waals surface area contributed by atoms with Crippen molar-refractivity contribution in [3.8, 4) is 5.75 Å². The van der Waals surface area contributed by atoms with E-state index >= 15 is 0 Å². The number of phenols is 1. The third-order valence-corrected chi connectivity index (χ3v) is 4.87. The summed E-state index contributed by atoms with van der Waals surface area (Å²) in [5.41, 5.74) is 1.96. The maximum Gasteiger partial charge on any atom is 0.251 e. The predicted octanol–water partition coefficient (Wildman–Crippen LogP) is 3.42. The van der Waals surface area contributed by atoms with Gasteiger partial charge in [-0.3, -0.25) is 9.69 Å². The summed E-state index contributed by atoms with van der Waals surface area (Å²) in [6.45, 7) is 3.93. The smallest absolute Gasteiger partial charge is 0.251 e. The van der Waals surface area contributed by atoms with Crippen LogP contribution in [-0.4, -0.2) is 35.5 Å². The van der Waals surface area contributed by atoms with Gasteiger partial charge in [0.05, 0.1) is 0 Å². The molecule has 1 saturated heterocycles. The quantitative estimate of drug-likeness (QED) is 0.878. The summed E-state index contributed by atoms with van der Waals surface area (Å²) >= 11 is 0. The van der Waals surface area contributed by atoms with Crippen molar-refractivity contribution in [2.24, 2.45) is 5.92 Å². The normalized spacial score (nSPS) is 18.5. The van der Waals surface area contributed by atoms with E-state index in [-0.39, 0.29) is 11.7 Å². The van der Waals surface area contributed by atoms with E-state index in [0.29, 0.717) is 11.5 Å². The van der Waals surface area contributed by atoms with E-state index in [2.05, 4.69) is 40.5 Å². The summed E-state index contributed by atoms with van der Waals surface area (Å²) in [6, 6.07) is 17.0. The Labute approximate surface area is 149 Å². The van der Waals surface area contributed by atoms with Crippen LogP contribution in [0.5, 0.6) is 5.75 Å². The highest BCUT2D eigenvalue weighted by molar-refractivity contribution is 5.94. The van der Waals surface area contributed by atoms with Crippen molar-refractivity contribution in [3.63, 3.8) is 0 Å². The third-order valence-electron chi connectivity index (χ3n) is 4.87. The van der Waals surface area contributed by atoms with Gasteiger partial charge in [0.2, 0.25) is 0 Å². The summed E-state index contributed by atoms with van der Waals surface area (Å²) in [5.74, 6) is 0.644. The molecule has 1 heterocycles. The molecule has 0 spiro atoms. The van der Waals surface area contributed by atoms with Gasteiger partial charge in [-0.1, -0.05) is 30.3 Å². The highest BCUT2D eigenvalue weighted by Crippen LogP contribution is 2.19. The minimum atomic E-state index is -0.0645. The summed E-state index contributed by atoms with van der Waals surface area (Å²) in [6.07, 6.45) is 3.44. The fraction of sp³-hybridized carbons (Fsp3) is 0.381. The van der Waals surface area contributed by atoms with Crippen LogP contribution in [0.3, 0.4) is 0 Å². The van der Waals surface area contributed by atoms with Crippen LogP contribution in [0, 0.1) is 5.92 Å². The number of hydrogen-bond donors (Lipinski definition) is 2. The number of likely N-dealkylation sites (tertiary alicyclic amines) is 1. The van der Waals surface area contributed by atoms with Crippen molar-refractivity contribution in [2.45, 2.75) is 25.8 Å². The molecule has 2 N–H and O–H groups in total. The summed E-state index contributed by atoms with van der Waals surface area (Å²) in [7, 11) is 0. The average molecular weight is 338 g/mol. The zero-order valence-corrected chi connectivity index (χ0v) is 14.5. The lowest BCUT2D eigenvalue weighted by molar-refractivity contribution is 0.0945. The Morgan fingerprint density at radius 3 is 2.56 bits per heavy atom. The number of nitrogens with one attached hydrogen (secondary N) is 1. The molecule has 3 rings (SSSR count). The van der Waals surface area contributed by atoms with E-state index in [1.54, 1.807) is 24.3 Å². The number of amides is 1. The molecule has 1 aliphatic rings. The van der Waals surface area contributed by atoms with E-state index in [4.69, 9.17) is 0 Å². The molecular formula is C21H26N2O2. The molecule has 132 valence electrons. The first-order valence-electron chi connectivity index (χ1n) is 9.04. The lowest BCUT2D eigenvalue weighted by atomic mass is 10.0. The maximum absolute atomic E-state index is 12.2. The number of nitrogens with zero attached hydrogens (tertiary/aromatic N) is 1. The van der Waals surface area contributed by atoms with Gasteiger partial charge in [0.25, 0.3) is 5.91 Å². The number of carbonyl (C=O) groups excluding carboxylic acids is 1. The zero-order valence-electron chi connectivity index (χ0n) is 14.5. The Morgan fingerprint density at radius 2 is 1.80 bits per heavy atom. The number of hydrogen-bond acceptors (Lipinski definition) is 3. The van der Waals surface area contributed by atoms with Gasteiger partial charge in [-0.25, -0.2) is 0 Å². The van der Waals surface area contributed by atoms with Crippen LogP contribution in [0.4, 0.5) is 0 Å². The van der Waals surface area contributed by atoms with Crippen LogP contribution in [0.2, 0.25) is 0 Å². The summed E-state index contributed by atoms with van der Waals surface area (Å²) < 4.78 is 0. The molecule has 2 aromatic carbocycles. The molecule has 4 nitrogen and oxygen atoms in total. The summed E-state index contributed by atoms with van der Waals surface area (Å²) in [4.78, 5) is 14.7. The number of phenolic OH excluding ortho intramolecular Hbond substituents is 1. The molecule has 0 saturated carbocycles. The second kappa shape index (κ2) is 8.67. The number of carbonyl (C=O) groups is 1. The molecule has 1 amide bonds. The minimum absolute atomic E-state index is 0.0645.